The third kappa shape index (κ3) is 5.30. The minimum absolute atomic E-state index is 0.0247. The van der Waals surface area contributed by atoms with E-state index in [1.807, 2.05) is 6.92 Å². The standard InChI is InChI=1S/C20H24BrClFN3O4S/c1-3-16-25-17(18(22)26(16)15-5-4-12(21)10-14(15)23)19(27)24-11-20(28)8-6-13(7-9-20)31(2,29)30/h4-5,10,13,28H,3,6-9,11H2,1-2H3,(H,24,27)/t13-,20+. The first kappa shape index (κ1) is 24.2. The van der Waals surface area contributed by atoms with Gasteiger partial charge in [-0.05, 0) is 43.9 Å². The number of aliphatic hydroxyl groups is 1. The molecule has 31 heavy (non-hydrogen) atoms. The molecule has 0 spiro atoms. The first-order chi connectivity index (χ1) is 14.4. The van der Waals surface area contributed by atoms with Crippen molar-refractivity contribution in [1.29, 1.82) is 0 Å². The summed E-state index contributed by atoms with van der Waals surface area (Å²) in [5, 5.41) is 12.9. The SMILES string of the molecule is CCc1nc(C(=O)NC[C@]2(O)CC[C@@H](S(C)(=O)=O)CC2)c(Cl)n1-c1ccc(Br)cc1F. The Bertz CT molecular complexity index is 1100. The molecule has 0 bridgehead atoms. The summed E-state index contributed by atoms with van der Waals surface area (Å²) < 4.78 is 39.9. The fraction of sp³-hybridized carbons (Fsp3) is 0.500. The highest BCUT2D eigenvalue weighted by atomic mass is 79.9. The lowest BCUT2D eigenvalue weighted by Crippen LogP contribution is -2.47. The van der Waals surface area contributed by atoms with Gasteiger partial charge in [0, 0.05) is 23.7 Å². The lowest BCUT2D eigenvalue weighted by Gasteiger charge is -2.35. The predicted octanol–water partition coefficient (Wildman–Crippen LogP) is 3.44. The third-order valence-electron chi connectivity index (χ3n) is 5.62. The second kappa shape index (κ2) is 9.17. The number of hydrogen-bond acceptors (Lipinski definition) is 5. The van der Waals surface area contributed by atoms with E-state index in [0.29, 0.717) is 29.6 Å². The van der Waals surface area contributed by atoms with Gasteiger partial charge in [-0.2, -0.15) is 0 Å². The van der Waals surface area contributed by atoms with Crippen LogP contribution in [0, 0.1) is 5.82 Å². The number of carbonyl (C=O) groups is 1. The molecule has 1 aromatic carbocycles. The number of carbonyl (C=O) groups excluding carboxylic acids is 1. The highest BCUT2D eigenvalue weighted by Crippen LogP contribution is 2.32. The molecule has 170 valence electrons. The Balaban J connectivity index is 1.76. The lowest BCUT2D eigenvalue weighted by molar-refractivity contribution is 0.00607. The zero-order chi connectivity index (χ0) is 23.0. The average molecular weight is 537 g/mol. The number of imidazole rings is 1. The maximum absolute atomic E-state index is 14.5. The van der Waals surface area contributed by atoms with Crippen LogP contribution in [-0.4, -0.2) is 52.6 Å². The van der Waals surface area contributed by atoms with Gasteiger partial charge >= 0.3 is 0 Å². The van der Waals surface area contributed by atoms with Crippen LogP contribution in [0.25, 0.3) is 5.69 Å². The zero-order valence-corrected chi connectivity index (χ0v) is 20.3. The van der Waals surface area contributed by atoms with Gasteiger partial charge in [0.15, 0.2) is 5.69 Å². The van der Waals surface area contributed by atoms with Crippen LogP contribution < -0.4 is 5.32 Å². The molecule has 0 atom stereocenters. The van der Waals surface area contributed by atoms with Crippen LogP contribution in [0.4, 0.5) is 4.39 Å². The van der Waals surface area contributed by atoms with Crippen molar-refractivity contribution in [2.24, 2.45) is 0 Å². The highest BCUT2D eigenvalue weighted by molar-refractivity contribution is 9.10. The molecule has 1 saturated carbocycles. The fourth-order valence-electron chi connectivity index (χ4n) is 3.80. The van der Waals surface area contributed by atoms with Crippen LogP contribution in [-0.2, 0) is 16.3 Å². The lowest BCUT2D eigenvalue weighted by atomic mass is 9.84. The van der Waals surface area contributed by atoms with Gasteiger partial charge in [0.2, 0.25) is 0 Å². The van der Waals surface area contributed by atoms with E-state index in [9.17, 15) is 22.7 Å². The van der Waals surface area contributed by atoms with Crippen LogP contribution in [0.2, 0.25) is 5.15 Å². The Morgan fingerprint density at radius 3 is 2.61 bits per heavy atom. The van der Waals surface area contributed by atoms with Crippen molar-refractivity contribution < 1.29 is 22.7 Å². The van der Waals surface area contributed by atoms with Gasteiger partial charge in [0.05, 0.1) is 16.5 Å². The summed E-state index contributed by atoms with van der Waals surface area (Å²) in [5.41, 5.74) is -1.08. The summed E-state index contributed by atoms with van der Waals surface area (Å²) in [7, 11) is -3.16. The molecule has 2 N–H and O–H groups in total. The molecule has 11 heteroatoms. The molecule has 0 unspecified atom stereocenters. The van der Waals surface area contributed by atoms with Crippen LogP contribution in [0.1, 0.15) is 48.9 Å². The van der Waals surface area contributed by atoms with Crippen molar-refractivity contribution in [1.82, 2.24) is 14.9 Å². The van der Waals surface area contributed by atoms with Gasteiger partial charge in [0.1, 0.15) is 26.6 Å². The minimum atomic E-state index is -3.16. The van der Waals surface area contributed by atoms with E-state index in [2.05, 4.69) is 26.2 Å². The summed E-state index contributed by atoms with van der Waals surface area (Å²) in [4.78, 5) is 17.0. The summed E-state index contributed by atoms with van der Waals surface area (Å²) in [6.45, 7) is 1.76. The summed E-state index contributed by atoms with van der Waals surface area (Å²) in [6, 6.07) is 4.50. The molecule has 1 aliphatic carbocycles. The molecule has 2 aromatic rings. The van der Waals surface area contributed by atoms with Crippen LogP contribution in [0.3, 0.4) is 0 Å². The predicted molar refractivity (Wildman–Crippen MR) is 120 cm³/mol. The topological polar surface area (TPSA) is 101 Å². The monoisotopic (exact) mass is 535 g/mol. The van der Waals surface area contributed by atoms with Gasteiger partial charge in [-0.25, -0.2) is 17.8 Å². The van der Waals surface area contributed by atoms with Crippen LogP contribution in [0.15, 0.2) is 22.7 Å². The number of halogens is 3. The number of sulfone groups is 1. The zero-order valence-electron chi connectivity index (χ0n) is 17.2. The molecule has 1 heterocycles. The molecule has 0 aliphatic heterocycles. The molecular formula is C20H24BrClFN3O4S. The maximum atomic E-state index is 14.5. The molecule has 1 fully saturated rings. The second-order valence-electron chi connectivity index (χ2n) is 7.89. The average Bonchev–Trinajstić information content (AvgIpc) is 3.02. The Morgan fingerprint density at radius 2 is 2.06 bits per heavy atom. The van der Waals surface area contributed by atoms with Crippen molar-refractivity contribution in [3.8, 4) is 5.69 Å². The van der Waals surface area contributed by atoms with Crippen molar-refractivity contribution >= 4 is 43.3 Å². The van der Waals surface area contributed by atoms with Crippen molar-refractivity contribution in [3.05, 3.63) is 45.2 Å². The molecule has 1 aliphatic rings. The fourth-order valence-corrected chi connectivity index (χ4v) is 5.54. The van der Waals surface area contributed by atoms with Gasteiger partial charge in [0.25, 0.3) is 5.91 Å². The van der Waals surface area contributed by atoms with Gasteiger partial charge < -0.3 is 10.4 Å². The van der Waals surface area contributed by atoms with Crippen molar-refractivity contribution in [3.63, 3.8) is 0 Å². The Morgan fingerprint density at radius 1 is 1.42 bits per heavy atom. The molecule has 1 aromatic heterocycles. The summed E-state index contributed by atoms with van der Waals surface area (Å²) >= 11 is 9.62. The number of nitrogens with zero attached hydrogens (tertiary/aromatic N) is 2. The number of aromatic nitrogens is 2. The van der Waals surface area contributed by atoms with E-state index in [-0.39, 0.29) is 35.9 Å². The Labute approximate surface area is 194 Å². The Hall–Kier alpha value is -1.49. The molecule has 3 rings (SSSR count). The molecule has 0 radical (unpaired) electrons. The van der Waals surface area contributed by atoms with Crippen LogP contribution >= 0.6 is 27.5 Å². The number of rotatable bonds is 6. The van der Waals surface area contributed by atoms with Crippen molar-refractivity contribution in [2.45, 2.75) is 49.9 Å². The molecule has 7 nitrogen and oxygen atoms in total. The Kier molecular flexibility index (Phi) is 7.15. The van der Waals surface area contributed by atoms with E-state index in [4.69, 9.17) is 11.6 Å². The van der Waals surface area contributed by atoms with E-state index >= 15 is 0 Å². The second-order valence-corrected chi connectivity index (χ2v) is 11.5. The van der Waals surface area contributed by atoms with E-state index in [0.717, 1.165) is 0 Å². The molecule has 0 saturated heterocycles. The van der Waals surface area contributed by atoms with E-state index in [1.165, 1.54) is 23.0 Å². The quantitative estimate of drug-likeness (QED) is 0.589. The molecule has 1 amide bonds. The number of amides is 1. The van der Waals surface area contributed by atoms with Gasteiger partial charge in [-0.1, -0.05) is 34.5 Å². The summed E-state index contributed by atoms with van der Waals surface area (Å²) in [6.07, 6.45) is 2.81. The first-order valence-corrected chi connectivity index (χ1v) is 13.0. The normalized spacial score (nSPS) is 21.8. The van der Waals surface area contributed by atoms with Gasteiger partial charge in [-0.15, -0.1) is 0 Å². The van der Waals surface area contributed by atoms with Crippen LogP contribution in [0.5, 0.6) is 0 Å². The minimum Gasteiger partial charge on any atom is -0.388 e. The van der Waals surface area contributed by atoms with Gasteiger partial charge in [-0.3, -0.25) is 9.36 Å². The number of benzene rings is 1. The first-order valence-electron chi connectivity index (χ1n) is 9.87. The smallest absolute Gasteiger partial charge is 0.273 e. The molecular weight excluding hydrogens is 513 g/mol. The number of hydrogen-bond donors (Lipinski definition) is 2. The largest absolute Gasteiger partial charge is 0.388 e. The maximum Gasteiger partial charge on any atom is 0.273 e. The summed E-state index contributed by atoms with van der Waals surface area (Å²) in [5.74, 6) is -0.689. The van der Waals surface area contributed by atoms with E-state index in [1.54, 1.807) is 6.07 Å². The highest BCUT2D eigenvalue weighted by Gasteiger charge is 2.37. The number of nitrogens with one attached hydrogen (secondary N) is 1. The third-order valence-corrected chi connectivity index (χ3v) is 8.14. The number of aryl methyl sites for hydroxylation is 1. The van der Waals surface area contributed by atoms with Crippen molar-refractivity contribution in [2.75, 3.05) is 12.8 Å². The van der Waals surface area contributed by atoms with E-state index < -0.39 is 32.4 Å².